The fraction of sp³-hybridized carbons (Fsp3) is 0.250. The topological polar surface area (TPSA) is 69.0 Å². The smallest absolute Gasteiger partial charge is 0.411 e. The van der Waals surface area contributed by atoms with Gasteiger partial charge in [0.25, 0.3) is 0 Å². The highest BCUT2D eigenvalue weighted by molar-refractivity contribution is 7.99. The van der Waals surface area contributed by atoms with Crippen LogP contribution in [0.15, 0.2) is 65.0 Å². The van der Waals surface area contributed by atoms with Crippen LogP contribution in [-0.4, -0.2) is 39.2 Å². The Balaban J connectivity index is 1.50. The van der Waals surface area contributed by atoms with Gasteiger partial charge in [0.1, 0.15) is 6.61 Å². The molecule has 146 valence electrons. The number of carbonyl (C=O) groups is 1. The second kappa shape index (κ2) is 10.2. The van der Waals surface area contributed by atoms with Crippen LogP contribution in [0.25, 0.3) is 0 Å². The third-order valence-corrected chi connectivity index (χ3v) is 5.86. The van der Waals surface area contributed by atoms with E-state index in [-0.39, 0.29) is 0 Å². The number of carbonyl (C=O) groups excluding carboxylic acids is 1. The third-order valence-electron chi connectivity index (χ3n) is 4.03. The number of para-hydroxylation sites is 1. The number of pyridine rings is 1. The molecule has 3 rings (SSSR count). The molecule has 0 atom stereocenters. The van der Waals surface area contributed by atoms with Crippen molar-refractivity contribution in [3.05, 3.63) is 66.2 Å². The van der Waals surface area contributed by atoms with Crippen molar-refractivity contribution in [2.45, 2.75) is 23.5 Å². The number of hydrogen-bond acceptors (Lipinski definition) is 6. The molecule has 2 heterocycles. The second-order valence-electron chi connectivity index (χ2n) is 5.90. The van der Waals surface area contributed by atoms with Crippen molar-refractivity contribution >= 4 is 35.3 Å². The molecule has 1 N–H and O–H groups in total. The van der Waals surface area contributed by atoms with E-state index in [4.69, 9.17) is 4.74 Å². The van der Waals surface area contributed by atoms with Crippen LogP contribution in [0.4, 0.5) is 10.5 Å². The van der Waals surface area contributed by atoms with Crippen molar-refractivity contribution < 1.29 is 9.53 Å². The minimum Gasteiger partial charge on any atom is -0.448 e. The molecule has 0 fully saturated rings. The molecule has 0 aliphatic rings. The van der Waals surface area contributed by atoms with Crippen LogP contribution in [0.1, 0.15) is 11.3 Å². The number of ether oxygens (including phenoxy) is 1. The maximum absolute atomic E-state index is 11.8. The average molecular weight is 415 g/mol. The van der Waals surface area contributed by atoms with Crippen LogP contribution in [0.3, 0.4) is 0 Å². The van der Waals surface area contributed by atoms with E-state index >= 15 is 0 Å². The van der Waals surface area contributed by atoms with Gasteiger partial charge in [-0.25, -0.2) is 9.78 Å². The van der Waals surface area contributed by atoms with Crippen LogP contribution >= 0.6 is 23.5 Å². The highest BCUT2D eigenvalue weighted by Gasteiger charge is 2.10. The zero-order valence-corrected chi connectivity index (χ0v) is 17.4. The molecule has 28 heavy (non-hydrogen) atoms. The predicted octanol–water partition coefficient (Wildman–Crippen LogP) is 4.70. The highest BCUT2D eigenvalue weighted by Crippen LogP contribution is 2.25. The van der Waals surface area contributed by atoms with Crippen molar-refractivity contribution in [3.63, 3.8) is 0 Å². The molecular weight excluding hydrogens is 392 g/mol. The number of amides is 1. The number of benzene rings is 1. The van der Waals surface area contributed by atoms with Gasteiger partial charge in [0, 0.05) is 34.9 Å². The lowest BCUT2D eigenvalue weighted by atomic mass is 10.2. The van der Waals surface area contributed by atoms with Crippen molar-refractivity contribution in [2.75, 3.05) is 23.9 Å². The van der Waals surface area contributed by atoms with Crippen LogP contribution < -0.4 is 5.32 Å². The molecule has 0 unspecified atom stereocenters. The quantitative estimate of drug-likeness (QED) is 0.426. The molecule has 1 amide bonds. The zero-order chi connectivity index (χ0) is 19.8. The van der Waals surface area contributed by atoms with Gasteiger partial charge < -0.3 is 9.30 Å². The first-order valence-electron chi connectivity index (χ1n) is 8.78. The van der Waals surface area contributed by atoms with Gasteiger partial charge in [0.2, 0.25) is 0 Å². The normalized spacial score (nSPS) is 10.6. The SMILES string of the molecule is CSc1nccn1Cc1nccc(SCCOC(=O)Nc2ccccc2)c1C. The van der Waals surface area contributed by atoms with Gasteiger partial charge in [-0.05, 0) is 36.9 Å². The van der Waals surface area contributed by atoms with E-state index in [1.54, 1.807) is 29.7 Å². The number of nitrogens with one attached hydrogen (secondary N) is 1. The lowest BCUT2D eigenvalue weighted by Crippen LogP contribution is -2.15. The summed E-state index contributed by atoms with van der Waals surface area (Å²) in [5.74, 6) is 0.674. The Bertz CT molecular complexity index is 916. The average Bonchev–Trinajstić information content (AvgIpc) is 3.16. The standard InChI is InChI=1S/C20H22N4O2S2/c1-15-17(14-24-11-10-22-19(24)27-2)21-9-8-18(15)28-13-12-26-20(25)23-16-6-4-3-5-7-16/h3-11H,12-14H2,1-2H3,(H,23,25). The molecule has 0 spiro atoms. The maximum Gasteiger partial charge on any atom is 0.411 e. The highest BCUT2D eigenvalue weighted by atomic mass is 32.2. The Hall–Kier alpha value is -2.45. The summed E-state index contributed by atoms with van der Waals surface area (Å²) in [6.45, 7) is 3.09. The first kappa shape index (κ1) is 20.3. The van der Waals surface area contributed by atoms with E-state index in [0.717, 1.165) is 27.0 Å². The summed E-state index contributed by atoms with van der Waals surface area (Å²) in [5, 5.41) is 3.68. The Kier molecular flexibility index (Phi) is 7.39. The Labute approximate surface area is 173 Å². The number of rotatable bonds is 8. The molecule has 0 bridgehead atoms. The fourth-order valence-electron chi connectivity index (χ4n) is 2.60. The number of thioether (sulfide) groups is 2. The molecule has 0 aliphatic heterocycles. The largest absolute Gasteiger partial charge is 0.448 e. The Morgan fingerprint density at radius 2 is 2.00 bits per heavy atom. The summed E-state index contributed by atoms with van der Waals surface area (Å²) in [6, 6.07) is 11.3. The van der Waals surface area contributed by atoms with Gasteiger partial charge in [-0.1, -0.05) is 30.0 Å². The molecule has 6 nitrogen and oxygen atoms in total. The van der Waals surface area contributed by atoms with Gasteiger partial charge >= 0.3 is 6.09 Å². The zero-order valence-electron chi connectivity index (χ0n) is 15.8. The van der Waals surface area contributed by atoms with Gasteiger partial charge in [-0.3, -0.25) is 10.3 Å². The third kappa shape index (κ3) is 5.53. The van der Waals surface area contributed by atoms with Crippen molar-refractivity contribution in [2.24, 2.45) is 0 Å². The summed E-state index contributed by atoms with van der Waals surface area (Å²) in [5.41, 5.74) is 2.88. The number of hydrogen-bond donors (Lipinski definition) is 1. The van der Waals surface area contributed by atoms with Crippen LogP contribution in [-0.2, 0) is 11.3 Å². The predicted molar refractivity (Wildman–Crippen MR) is 114 cm³/mol. The monoisotopic (exact) mass is 414 g/mol. The Morgan fingerprint density at radius 1 is 1.18 bits per heavy atom. The van der Waals surface area contributed by atoms with Crippen LogP contribution in [0.5, 0.6) is 0 Å². The van der Waals surface area contributed by atoms with E-state index in [2.05, 4.69) is 26.8 Å². The molecule has 2 aromatic heterocycles. The number of imidazole rings is 1. The minimum absolute atomic E-state index is 0.332. The number of aromatic nitrogens is 3. The van der Waals surface area contributed by atoms with E-state index in [1.807, 2.05) is 55.0 Å². The van der Waals surface area contributed by atoms with Crippen molar-refractivity contribution in [1.82, 2.24) is 14.5 Å². The number of nitrogens with zero attached hydrogens (tertiary/aromatic N) is 3. The molecule has 3 aromatic rings. The Morgan fingerprint density at radius 3 is 2.79 bits per heavy atom. The first-order chi connectivity index (χ1) is 13.7. The lowest BCUT2D eigenvalue weighted by Gasteiger charge is -2.12. The maximum atomic E-state index is 11.8. The molecule has 8 heteroatoms. The van der Waals surface area contributed by atoms with E-state index in [1.165, 1.54) is 0 Å². The second-order valence-corrected chi connectivity index (χ2v) is 7.81. The number of anilines is 1. The van der Waals surface area contributed by atoms with Gasteiger partial charge in [-0.15, -0.1) is 11.8 Å². The van der Waals surface area contributed by atoms with E-state index in [0.29, 0.717) is 18.9 Å². The summed E-state index contributed by atoms with van der Waals surface area (Å²) in [4.78, 5) is 21.8. The first-order valence-corrected chi connectivity index (χ1v) is 11.0. The minimum atomic E-state index is -0.441. The van der Waals surface area contributed by atoms with Crippen LogP contribution in [0.2, 0.25) is 0 Å². The summed E-state index contributed by atoms with van der Waals surface area (Å²) in [7, 11) is 0. The van der Waals surface area contributed by atoms with Crippen molar-refractivity contribution in [1.29, 1.82) is 0 Å². The molecular formula is C20H22N4O2S2. The summed E-state index contributed by atoms with van der Waals surface area (Å²) in [6.07, 6.45) is 7.16. The van der Waals surface area contributed by atoms with Gasteiger partial charge in [-0.2, -0.15) is 0 Å². The summed E-state index contributed by atoms with van der Waals surface area (Å²) < 4.78 is 7.34. The van der Waals surface area contributed by atoms with Gasteiger partial charge in [0.05, 0.1) is 12.2 Å². The molecule has 1 aromatic carbocycles. The van der Waals surface area contributed by atoms with Crippen LogP contribution in [0, 0.1) is 6.92 Å². The fourth-order valence-corrected chi connectivity index (χ4v) is 4.01. The summed E-state index contributed by atoms with van der Waals surface area (Å²) >= 11 is 3.27. The van der Waals surface area contributed by atoms with Crippen molar-refractivity contribution in [3.8, 4) is 0 Å². The molecule has 0 radical (unpaired) electrons. The van der Waals surface area contributed by atoms with Gasteiger partial charge in [0.15, 0.2) is 5.16 Å². The molecule has 0 saturated heterocycles. The van der Waals surface area contributed by atoms with E-state index < -0.39 is 6.09 Å². The molecule has 0 saturated carbocycles. The molecule has 0 aliphatic carbocycles. The van der Waals surface area contributed by atoms with E-state index in [9.17, 15) is 4.79 Å². The lowest BCUT2D eigenvalue weighted by molar-refractivity contribution is 0.169.